The lowest BCUT2D eigenvalue weighted by Gasteiger charge is -2.28. The molecule has 0 saturated heterocycles. The molecule has 0 amide bonds. The van der Waals surface area contributed by atoms with Crippen LogP contribution < -0.4 is 4.90 Å². The number of fused-ring (bicyclic) bond motifs is 13. The molecule has 2 aliphatic carbocycles. The van der Waals surface area contributed by atoms with E-state index in [1.807, 2.05) is 11.3 Å². The summed E-state index contributed by atoms with van der Waals surface area (Å²) in [6, 6.07) is 65.4. The summed E-state index contributed by atoms with van der Waals surface area (Å²) in [5.74, 6) is 0. The highest BCUT2D eigenvalue weighted by molar-refractivity contribution is 7.26. The Hall–Kier alpha value is -6.94. The van der Waals surface area contributed by atoms with Crippen LogP contribution in [0.25, 0.3) is 86.3 Å². The smallest absolute Gasteiger partial charge is 0.143 e. The van der Waals surface area contributed by atoms with Crippen molar-refractivity contribution in [3.05, 3.63) is 198 Å². The summed E-state index contributed by atoms with van der Waals surface area (Å²) in [5.41, 5.74) is 18.0. The minimum absolute atomic E-state index is 0.106. The van der Waals surface area contributed by atoms with Crippen LogP contribution in [0.1, 0.15) is 49.9 Å². The molecule has 0 spiro atoms. The molecule has 11 aromatic rings. The largest absolute Gasteiger partial charge is 0.455 e. The van der Waals surface area contributed by atoms with Crippen molar-refractivity contribution in [1.29, 1.82) is 0 Å². The molecule has 0 bridgehead atoms. The second kappa shape index (κ2) is 12.3. The van der Waals surface area contributed by atoms with Crippen molar-refractivity contribution in [2.75, 3.05) is 4.90 Å². The monoisotopic (exact) mass is 799 g/mol. The molecule has 0 N–H and O–H groups in total. The minimum atomic E-state index is -0.131. The van der Waals surface area contributed by atoms with Crippen LogP contribution in [0.3, 0.4) is 0 Å². The number of benzene rings is 9. The van der Waals surface area contributed by atoms with Gasteiger partial charge in [-0.25, -0.2) is 0 Å². The second-order valence-corrected chi connectivity index (χ2v) is 19.1. The molecule has 2 aromatic heterocycles. The second-order valence-electron chi connectivity index (χ2n) is 18.1. The summed E-state index contributed by atoms with van der Waals surface area (Å²) < 4.78 is 9.77. The average molecular weight is 800 g/mol. The predicted octanol–water partition coefficient (Wildman–Crippen LogP) is 16.9. The SMILES string of the molecule is CC1(C)c2ccccc2-c2ccc(-c3c4ccccc4cc4c3oc3cc(N(c5ccc6c(c5)C(C)(C)c5ccccc5-6)c5cccc6c5sc5ccccc56)ccc34)cc21. The molecule has 2 heterocycles. The zero-order chi connectivity index (χ0) is 40.8. The van der Waals surface area contributed by atoms with E-state index in [-0.39, 0.29) is 10.8 Å². The molecule has 2 nitrogen and oxygen atoms in total. The van der Waals surface area contributed by atoms with Gasteiger partial charge in [-0.1, -0.05) is 149 Å². The van der Waals surface area contributed by atoms with E-state index < -0.39 is 0 Å². The first-order valence-electron chi connectivity index (χ1n) is 21.3. The lowest BCUT2D eigenvalue weighted by atomic mass is 9.81. The molecule has 0 saturated carbocycles. The van der Waals surface area contributed by atoms with Crippen LogP contribution in [0.15, 0.2) is 180 Å². The first-order chi connectivity index (χ1) is 29.8. The van der Waals surface area contributed by atoms with E-state index in [9.17, 15) is 0 Å². The van der Waals surface area contributed by atoms with Gasteiger partial charge in [-0.3, -0.25) is 0 Å². The van der Waals surface area contributed by atoms with Gasteiger partial charge in [-0.05, 0) is 109 Å². The van der Waals surface area contributed by atoms with E-state index >= 15 is 0 Å². The Morgan fingerprint density at radius 1 is 0.443 bits per heavy atom. The summed E-state index contributed by atoms with van der Waals surface area (Å²) in [4.78, 5) is 2.46. The van der Waals surface area contributed by atoms with Crippen LogP contribution in [-0.4, -0.2) is 0 Å². The quantitative estimate of drug-likeness (QED) is 0.176. The molecule has 3 heteroatoms. The van der Waals surface area contributed by atoms with Gasteiger partial charge in [0.1, 0.15) is 11.2 Å². The molecule has 290 valence electrons. The Morgan fingerprint density at radius 2 is 1.05 bits per heavy atom. The molecule has 2 aliphatic rings. The molecule has 0 unspecified atom stereocenters. The van der Waals surface area contributed by atoms with Gasteiger partial charge < -0.3 is 9.32 Å². The maximum absolute atomic E-state index is 7.20. The molecule has 0 radical (unpaired) electrons. The number of hydrogen-bond acceptors (Lipinski definition) is 3. The third kappa shape index (κ3) is 4.78. The lowest BCUT2D eigenvalue weighted by Crippen LogP contribution is -2.16. The Bertz CT molecular complexity index is 3670. The fourth-order valence-corrected chi connectivity index (χ4v) is 12.2. The maximum Gasteiger partial charge on any atom is 0.143 e. The van der Waals surface area contributed by atoms with Gasteiger partial charge in [0.25, 0.3) is 0 Å². The lowest BCUT2D eigenvalue weighted by molar-refractivity contribution is 0.660. The van der Waals surface area contributed by atoms with Crippen molar-refractivity contribution in [3.8, 4) is 33.4 Å². The standard InChI is InChI=1S/C58H41NOS/c1-57(2)47-20-10-7-16-39(47)41-27-24-35(31-49(41)57)54-38-15-6-5-14-34(38)30-46-43-29-26-37(33-52(43)60-55(46)54)59(51-22-13-19-45-44-18-9-12-23-53(44)61-56(45)51)36-25-28-42-40-17-8-11-21-48(40)58(3,4)50(42)32-36/h5-33H,1-4H3. The Labute approximate surface area is 358 Å². The van der Waals surface area contributed by atoms with E-state index in [0.29, 0.717) is 0 Å². The topological polar surface area (TPSA) is 16.4 Å². The van der Waals surface area contributed by atoms with Gasteiger partial charge in [-0.2, -0.15) is 0 Å². The van der Waals surface area contributed by atoms with Crippen molar-refractivity contribution in [2.24, 2.45) is 0 Å². The molecule has 0 atom stereocenters. The Balaban J connectivity index is 1.04. The van der Waals surface area contributed by atoms with Gasteiger partial charge in [0, 0.05) is 60.1 Å². The summed E-state index contributed by atoms with van der Waals surface area (Å²) in [5, 5.41) is 7.22. The van der Waals surface area contributed by atoms with Gasteiger partial charge in [0.05, 0.1) is 10.4 Å². The summed E-state index contributed by atoms with van der Waals surface area (Å²) >= 11 is 1.87. The van der Waals surface area contributed by atoms with Crippen molar-refractivity contribution >= 4 is 81.3 Å². The zero-order valence-electron chi connectivity index (χ0n) is 34.5. The molecular formula is C58H41NOS. The van der Waals surface area contributed by atoms with Crippen LogP contribution in [0.5, 0.6) is 0 Å². The fourth-order valence-electron chi connectivity index (χ4n) is 11.0. The Morgan fingerprint density at radius 3 is 1.84 bits per heavy atom. The molecule has 61 heavy (non-hydrogen) atoms. The van der Waals surface area contributed by atoms with E-state index in [1.54, 1.807) is 0 Å². The third-order valence-electron chi connectivity index (χ3n) is 14.0. The first-order valence-corrected chi connectivity index (χ1v) is 22.1. The van der Waals surface area contributed by atoms with Crippen molar-refractivity contribution < 1.29 is 4.42 Å². The molecule has 13 rings (SSSR count). The van der Waals surface area contributed by atoms with Gasteiger partial charge in [0.15, 0.2) is 0 Å². The number of nitrogens with zero attached hydrogens (tertiary/aromatic N) is 1. The molecule has 9 aromatic carbocycles. The fraction of sp³-hybridized carbons (Fsp3) is 0.103. The van der Waals surface area contributed by atoms with E-state index in [4.69, 9.17) is 4.42 Å². The number of hydrogen-bond donors (Lipinski definition) is 0. The highest BCUT2D eigenvalue weighted by Crippen LogP contribution is 2.54. The Kier molecular flexibility index (Phi) is 7.04. The van der Waals surface area contributed by atoms with E-state index in [1.165, 1.54) is 81.0 Å². The molecule has 0 aliphatic heterocycles. The number of furan rings is 1. The van der Waals surface area contributed by atoms with Gasteiger partial charge in [0.2, 0.25) is 0 Å². The average Bonchev–Trinajstić information content (AvgIpc) is 3.98. The van der Waals surface area contributed by atoms with Gasteiger partial charge in [-0.15, -0.1) is 11.3 Å². The molecule has 0 fully saturated rings. The number of anilines is 3. The van der Waals surface area contributed by atoms with Crippen LogP contribution >= 0.6 is 11.3 Å². The summed E-state index contributed by atoms with van der Waals surface area (Å²) in [6.45, 7) is 9.44. The zero-order valence-corrected chi connectivity index (χ0v) is 35.3. The predicted molar refractivity (Wildman–Crippen MR) is 259 cm³/mol. The summed E-state index contributed by atoms with van der Waals surface area (Å²) in [6.07, 6.45) is 0. The third-order valence-corrected chi connectivity index (χ3v) is 15.3. The first kappa shape index (κ1) is 34.9. The van der Waals surface area contributed by atoms with Crippen LogP contribution in [0, 0.1) is 0 Å². The maximum atomic E-state index is 7.20. The van der Waals surface area contributed by atoms with E-state index in [0.717, 1.165) is 44.6 Å². The van der Waals surface area contributed by atoms with Crippen LogP contribution in [-0.2, 0) is 10.8 Å². The number of rotatable bonds is 4. The highest BCUT2D eigenvalue weighted by Gasteiger charge is 2.37. The van der Waals surface area contributed by atoms with Crippen molar-refractivity contribution in [1.82, 2.24) is 0 Å². The van der Waals surface area contributed by atoms with Crippen molar-refractivity contribution in [2.45, 2.75) is 38.5 Å². The van der Waals surface area contributed by atoms with Crippen LogP contribution in [0.4, 0.5) is 17.1 Å². The summed E-state index contributed by atoms with van der Waals surface area (Å²) in [7, 11) is 0. The van der Waals surface area contributed by atoms with Crippen LogP contribution in [0.2, 0.25) is 0 Å². The van der Waals surface area contributed by atoms with Crippen molar-refractivity contribution in [3.63, 3.8) is 0 Å². The number of thiophene rings is 1. The molecular weight excluding hydrogens is 759 g/mol. The van der Waals surface area contributed by atoms with Gasteiger partial charge >= 0.3 is 0 Å². The highest BCUT2D eigenvalue weighted by atomic mass is 32.1. The van der Waals surface area contributed by atoms with E-state index in [2.05, 4.69) is 209 Å². The normalized spacial score (nSPS) is 14.5. The minimum Gasteiger partial charge on any atom is -0.455 e.